The molecule has 0 amide bonds. The zero-order valence-electron chi connectivity index (χ0n) is 7.51. The Bertz CT molecular complexity index is 379. The average molecular weight is 173 g/mol. The zero-order chi connectivity index (χ0) is 9.10. The second kappa shape index (κ2) is 3.39. The summed E-state index contributed by atoms with van der Waals surface area (Å²) < 4.78 is 1.81. The summed E-state index contributed by atoms with van der Waals surface area (Å²) in [6.45, 7) is 2.88. The van der Waals surface area contributed by atoms with Crippen LogP contribution in [-0.4, -0.2) is 14.8 Å². The van der Waals surface area contributed by atoms with Crippen molar-refractivity contribution in [1.82, 2.24) is 14.8 Å². The molecule has 13 heavy (non-hydrogen) atoms. The molecule has 0 saturated heterocycles. The number of aryl methyl sites for hydroxylation is 1. The summed E-state index contributed by atoms with van der Waals surface area (Å²) in [4.78, 5) is 3.89. The number of benzene rings is 1. The van der Waals surface area contributed by atoms with Crippen LogP contribution in [-0.2, 0) is 6.54 Å². The maximum absolute atomic E-state index is 4.05. The Morgan fingerprint density at radius 1 is 1.38 bits per heavy atom. The fraction of sp³-hybridized carbons (Fsp3) is 0.200. The molecule has 0 unspecified atom stereocenters. The largest absolute Gasteiger partial charge is 0.249 e. The number of nitrogens with zero attached hydrogens (tertiary/aromatic N) is 3. The molecule has 0 atom stereocenters. The van der Waals surface area contributed by atoms with E-state index in [2.05, 4.69) is 41.3 Å². The number of hydrogen-bond acceptors (Lipinski definition) is 2. The molecule has 1 aromatic heterocycles. The van der Waals surface area contributed by atoms with Crippen molar-refractivity contribution in [2.45, 2.75) is 13.5 Å². The van der Waals surface area contributed by atoms with E-state index in [9.17, 15) is 0 Å². The van der Waals surface area contributed by atoms with Gasteiger partial charge in [0.15, 0.2) is 0 Å². The highest BCUT2D eigenvalue weighted by molar-refractivity contribution is 5.22. The van der Waals surface area contributed by atoms with E-state index >= 15 is 0 Å². The van der Waals surface area contributed by atoms with Gasteiger partial charge in [-0.05, 0) is 12.5 Å². The van der Waals surface area contributed by atoms with Crippen molar-refractivity contribution in [3.8, 4) is 0 Å². The molecule has 2 rings (SSSR count). The molecule has 0 aliphatic carbocycles. The first-order valence-electron chi connectivity index (χ1n) is 4.22. The van der Waals surface area contributed by atoms with Crippen LogP contribution in [0.2, 0.25) is 0 Å². The molecule has 0 N–H and O–H groups in total. The normalized spacial score (nSPS) is 10.2. The van der Waals surface area contributed by atoms with Crippen molar-refractivity contribution >= 4 is 0 Å². The Hall–Kier alpha value is -1.64. The molecule has 0 aliphatic heterocycles. The number of hydrogen-bond donors (Lipinski definition) is 0. The predicted octanol–water partition coefficient (Wildman–Crippen LogP) is 1.63. The van der Waals surface area contributed by atoms with Gasteiger partial charge in [0.1, 0.15) is 12.7 Å². The molecule has 2 aromatic rings. The van der Waals surface area contributed by atoms with Gasteiger partial charge in [0.05, 0.1) is 6.54 Å². The quantitative estimate of drug-likeness (QED) is 0.691. The molecule has 0 aliphatic rings. The van der Waals surface area contributed by atoms with E-state index in [1.807, 2.05) is 4.68 Å². The van der Waals surface area contributed by atoms with Gasteiger partial charge in [-0.25, -0.2) is 9.67 Å². The molecular weight excluding hydrogens is 162 g/mol. The molecule has 0 bridgehead atoms. The van der Waals surface area contributed by atoms with E-state index in [0.717, 1.165) is 6.54 Å². The van der Waals surface area contributed by atoms with E-state index < -0.39 is 0 Å². The maximum Gasteiger partial charge on any atom is 0.137 e. The van der Waals surface area contributed by atoms with Crippen molar-refractivity contribution in [1.29, 1.82) is 0 Å². The molecule has 1 aromatic carbocycles. The van der Waals surface area contributed by atoms with E-state index in [1.54, 1.807) is 12.7 Å². The monoisotopic (exact) mass is 173 g/mol. The second-order valence-electron chi connectivity index (χ2n) is 3.08. The minimum atomic E-state index is 0.793. The smallest absolute Gasteiger partial charge is 0.137 e. The van der Waals surface area contributed by atoms with Crippen LogP contribution in [0.3, 0.4) is 0 Å². The van der Waals surface area contributed by atoms with Gasteiger partial charge in [0.25, 0.3) is 0 Å². The zero-order valence-corrected chi connectivity index (χ0v) is 7.51. The molecule has 0 saturated carbocycles. The van der Waals surface area contributed by atoms with Crippen LogP contribution >= 0.6 is 0 Å². The van der Waals surface area contributed by atoms with Crippen molar-refractivity contribution in [2.24, 2.45) is 0 Å². The fourth-order valence-electron chi connectivity index (χ4n) is 1.31. The van der Waals surface area contributed by atoms with Gasteiger partial charge in [-0.2, -0.15) is 5.10 Å². The molecule has 3 nitrogen and oxygen atoms in total. The third kappa shape index (κ3) is 1.93. The lowest BCUT2D eigenvalue weighted by Gasteiger charge is -2.01. The van der Waals surface area contributed by atoms with Crippen molar-refractivity contribution in [3.63, 3.8) is 0 Å². The Kier molecular flexibility index (Phi) is 2.08. The Balaban J connectivity index is 2.19. The summed E-state index contributed by atoms with van der Waals surface area (Å²) in [6.07, 6.45) is 3.28. The third-order valence-corrected chi connectivity index (χ3v) is 1.89. The topological polar surface area (TPSA) is 30.7 Å². The van der Waals surface area contributed by atoms with Crippen molar-refractivity contribution in [3.05, 3.63) is 48.0 Å². The maximum atomic E-state index is 4.05. The van der Waals surface area contributed by atoms with Crippen LogP contribution < -0.4 is 0 Å². The predicted molar refractivity (Wildman–Crippen MR) is 50.3 cm³/mol. The molecule has 1 heterocycles. The van der Waals surface area contributed by atoms with E-state index in [0.29, 0.717) is 0 Å². The van der Waals surface area contributed by atoms with Gasteiger partial charge in [-0.1, -0.05) is 29.8 Å². The van der Waals surface area contributed by atoms with E-state index in [4.69, 9.17) is 0 Å². The fourth-order valence-corrected chi connectivity index (χ4v) is 1.31. The van der Waals surface area contributed by atoms with Gasteiger partial charge >= 0.3 is 0 Å². The summed E-state index contributed by atoms with van der Waals surface area (Å²) in [6, 6.07) is 8.39. The molecular formula is C10H11N3. The number of rotatable bonds is 2. The van der Waals surface area contributed by atoms with Gasteiger partial charge < -0.3 is 0 Å². The first-order valence-corrected chi connectivity index (χ1v) is 4.22. The number of aromatic nitrogens is 3. The molecule has 0 radical (unpaired) electrons. The summed E-state index contributed by atoms with van der Waals surface area (Å²) in [5, 5.41) is 4.05. The first kappa shape index (κ1) is 7.98. The van der Waals surface area contributed by atoms with Crippen molar-refractivity contribution < 1.29 is 0 Å². The standard InChI is InChI=1S/C10H11N3/c1-9-3-2-4-10(5-9)6-13-8-11-7-12-13/h2-5,7-8H,6H2,1H3. The van der Waals surface area contributed by atoms with Crippen LogP contribution in [0.15, 0.2) is 36.9 Å². The van der Waals surface area contributed by atoms with E-state index in [-0.39, 0.29) is 0 Å². The third-order valence-electron chi connectivity index (χ3n) is 1.89. The minimum absolute atomic E-state index is 0.793. The van der Waals surface area contributed by atoms with Crippen LogP contribution in [0.5, 0.6) is 0 Å². The van der Waals surface area contributed by atoms with E-state index in [1.165, 1.54) is 11.1 Å². The Morgan fingerprint density at radius 3 is 3.00 bits per heavy atom. The summed E-state index contributed by atoms with van der Waals surface area (Å²) in [7, 11) is 0. The second-order valence-corrected chi connectivity index (χ2v) is 3.08. The average Bonchev–Trinajstić information content (AvgIpc) is 2.57. The highest BCUT2D eigenvalue weighted by atomic mass is 15.3. The van der Waals surface area contributed by atoms with Crippen molar-refractivity contribution in [2.75, 3.05) is 0 Å². The lowest BCUT2D eigenvalue weighted by atomic mass is 10.1. The summed E-state index contributed by atoms with van der Waals surface area (Å²) >= 11 is 0. The van der Waals surface area contributed by atoms with Gasteiger partial charge in [0.2, 0.25) is 0 Å². The summed E-state index contributed by atoms with van der Waals surface area (Å²) in [5.41, 5.74) is 2.53. The first-order chi connectivity index (χ1) is 6.34. The highest BCUT2D eigenvalue weighted by Crippen LogP contribution is 2.04. The molecule has 0 fully saturated rings. The molecule has 0 spiro atoms. The Morgan fingerprint density at radius 2 is 2.31 bits per heavy atom. The molecule has 66 valence electrons. The van der Waals surface area contributed by atoms with Gasteiger partial charge in [-0.3, -0.25) is 0 Å². The highest BCUT2D eigenvalue weighted by Gasteiger charge is 1.94. The minimum Gasteiger partial charge on any atom is -0.249 e. The SMILES string of the molecule is Cc1cccc(Cn2cncn2)c1. The van der Waals surface area contributed by atoms with Crippen LogP contribution in [0, 0.1) is 6.92 Å². The Labute approximate surface area is 77.0 Å². The van der Waals surface area contributed by atoms with Crippen LogP contribution in [0.4, 0.5) is 0 Å². The van der Waals surface area contributed by atoms with Gasteiger partial charge in [-0.15, -0.1) is 0 Å². The molecule has 3 heteroatoms. The summed E-state index contributed by atoms with van der Waals surface area (Å²) in [5.74, 6) is 0. The van der Waals surface area contributed by atoms with Crippen LogP contribution in [0.25, 0.3) is 0 Å². The van der Waals surface area contributed by atoms with Crippen LogP contribution in [0.1, 0.15) is 11.1 Å². The van der Waals surface area contributed by atoms with Gasteiger partial charge in [0, 0.05) is 0 Å². The lowest BCUT2D eigenvalue weighted by Crippen LogP contribution is -1.99. The lowest BCUT2D eigenvalue weighted by molar-refractivity contribution is 0.684.